The fourth-order valence-electron chi connectivity index (χ4n) is 3.15. The molecule has 0 radical (unpaired) electrons. The van der Waals surface area contributed by atoms with Gasteiger partial charge in [-0.15, -0.1) is 0 Å². The highest BCUT2D eigenvalue weighted by Gasteiger charge is 2.04. The molecule has 0 saturated heterocycles. The second-order valence-corrected chi connectivity index (χ2v) is 7.08. The normalized spacial score (nSPS) is 11.5. The van der Waals surface area contributed by atoms with Gasteiger partial charge in [0.15, 0.2) is 0 Å². The van der Waals surface area contributed by atoms with Crippen molar-refractivity contribution in [2.75, 3.05) is 19.6 Å². The first-order valence-corrected chi connectivity index (χ1v) is 10.6. The third-order valence-electron chi connectivity index (χ3n) is 4.73. The first-order valence-electron chi connectivity index (χ1n) is 10.6. The molecule has 0 aliphatic rings. The van der Waals surface area contributed by atoms with Crippen LogP contribution in [0.2, 0.25) is 0 Å². The van der Waals surface area contributed by atoms with Gasteiger partial charge >= 0.3 is 0 Å². The molecule has 0 aromatic heterocycles. The fourth-order valence-corrected chi connectivity index (χ4v) is 3.15. The standard InChI is InChI=1S/C21H45N/c1-4-7-10-13-16-19-22(20-17-14-11-8-5-2)21-18-15-12-9-6-3/h4-21H2,1-3H3. The molecule has 134 valence electrons. The van der Waals surface area contributed by atoms with Gasteiger partial charge in [0.25, 0.3) is 0 Å². The van der Waals surface area contributed by atoms with E-state index in [9.17, 15) is 0 Å². The Morgan fingerprint density at radius 3 is 0.909 bits per heavy atom. The summed E-state index contributed by atoms with van der Waals surface area (Å²) in [5.41, 5.74) is 0. The van der Waals surface area contributed by atoms with Gasteiger partial charge in [-0.1, -0.05) is 97.8 Å². The van der Waals surface area contributed by atoms with Crippen LogP contribution in [-0.4, -0.2) is 24.5 Å². The minimum Gasteiger partial charge on any atom is -0.303 e. The van der Waals surface area contributed by atoms with Crippen LogP contribution in [0.4, 0.5) is 0 Å². The molecule has 1 heteroatoms. The molecule has 0 aromatic rings. The van der Waals surface area contributed by atoms with Crippen LogP contribution in [0, 0.1) is 0 Å². The highest BCUT2D eigenvalue weighted by Crippen LogP contribution is 2.09. The molecule has 0 rings (SSSR count). The van der Waals surface area contributed by atoms with Crippen molar-refractivity contribution in [1.82, 2.24) is 4.90 Å². The first-order chi connectivity index (χ1) is 10.8. The highest BCUT2D eigenvalue weighted by molar-refractivity contribution is 4.60. The lowest BCUT2D eigenvalue weighted by atomic mass is 10.1. The van der Waals surface area contributed by atoms with E-state index in [0.717, 1.165) is 0 Å². The Kier molecular flexibility index (Phi) is 19.0. The molecule has 0 unspecified atom stereocenters. The van der Waals surface area contributed by atoms with Crippen molar-refractivity contribution in [2.45, 2.75) is 117 Å². The minimum absolute atomic E-state index is 1.35. The average molecular weight is 312 g/mol. The predicted octanol–water partition coefficient (Wildman–Crippen LogP) is 7.20. The van der Waals surface area contributed by atoms with E-state index in [4.69, 9.17) is 0 Å². The van der Waals surface area contributed by atoms with Crippen molar-refractivity contribution in [3.05, 3.63) is 0 Å². The molecule has 1 nitrogen and oxygen atoms in total. The molecule has 22 heavy (non-hydrogen) atoms. The Morgan fingerprint density at radius 1 is 0.364 bits per heavy atom. The van der Waals surface area contributed by atoms with Gasteiger partial charge in [-0.3, -0.25) is 0 Å². The highest BCUT2D eigenvalue weighted by atomic mass is 15.1. The van der Waals surface area contributed by atoms with Gasteiger partial charge in [-0.2, -0.15) is 0 Å². The zero-order chi connectivity index (χ0) is 16.3. The van der Waals surface area contributed by atoms with Gasteiger partial charge in [0.1, 0.15) is 0 Å². The maximum Gasteiger partial charge on any atom is -0.00187 e. The Hall–Kier alpha value is -0.0400. The molecule has 0 aromatic carbocycles. The largest absolute Gasteiger partial charge is 0.303 e. The van der Waals surface area contributed by atoms with Gasteiger partial charge in [-0.05, 0) is 38.9 Å². The molecule has 0 amide bonds. The van der Waals surface area contributed by atoms with E-state index >= 15 is 0 Å². The van der Waals surface area contributed by atoms with Crippen LogP contribution in [0.3, 0.4) is 0 Å². The van der Waals surface area contributed by atoms with E-state index < -0.39 is 0 Å². The fraction of sp³-hybridized carbons (Fsp3) is 1.00. The lowest BCUT2D eigenvalue weighted by molar-refractivity contribution is 0.254. The Bertz CT molecular complexity index is 157. The van der Waals surface area contributed by atoms with Crippen LogP contribution < -0.4 is 0 Å². The van der Waals surface area contributed by atoms with Gasteiger partial charge in [-0.25, -0.2) is 0 Å². The second kappa shape index (κ2) is 19.0. The zero-order valence-corrected chi connectivity index (χ0v) is 16.2. The van der Waals surface area contributed by atoms with Crippen LogP contribution >= 0.6 is 0 Å². The molecule has 0 bridgehead atoms. The van der Waals surface area contributed by atoms with Gasteiger partial charge in [0.05, 0.1) is 0 Å². The Balaban J connectivity index is 3.72. The smallest absolute Gasteiger partial charge is 0.00187 e. The molecule has 0 saturated carbocycles. The summed E-state index contributed by atoms with van der Waals surface area (Å²) in [7, 11) is 0. The zero-order valence-electron chi connectivity index (χ0n) is 16.2. The van der Waals surface area contributed by atoms with Crippen molar-refractivity contribution in [2.24, 2.45) is 0 Å². The number of hydrogen-bond donors (Lipinski definition) is 0. The summed E-state index contributed by atoms with van der Waals surface area (Å²) in [6.45, 7) is 11.0. The molecule has 0 aliphatic heterocycles. The van der Waals surface area contributed by atoms with Crippen molar-refractivity contribution < 1.29 is 0 Å². The lowest BCUT2D eigenvalue weighted by Gasteiger charge is -2.22. The number of nitrogens with zero attached hydrogens (tertiary/aromatic N) is 1. The summed E-state index contributed by atoms with van der Waals surface area (Å²) in [6, 6.07) is 0. The first kappa shape index (κ1) is 22.0. The number of rotatable bonds is 18. The summed E-state index contributed by atoms with van der Waals surface area (Å²) >= 11 is 0. The minimum atomic E-state index is 1.35. The van der Waals surface area contributed by atoms with Crippen LogP contribution in [0.5, 0.6) is 0 Å². The van der Waals surface area contributed by atoms with Crippen molar-refractivity contribution >= 4 is 0 Å². The summed E-state index contributed by atoms with van der Waals surface area (Å²) < 4.78 is 0. The summed E-state index contributed by atoms with van der Waals surface area (Å²) in [4.78, 5) is 2.77. The number of unbranched alkanes of at least 4 members (excludes halogenated alkanes) is 12. The third kappa shape index (κ3) is 16.3. The van der Waals surface area contributed by atoms with Gasteiger partial charge < -0.3 is 4.90 Å². The summed E-state index contributed by atoms with van der Waals surface area (Å²) in [5, 5.41) is 0. The van der Waals surface area contributed by atoms with Crippen LogP contribution in [-0.2, 0) is 0 Å². The van der Waals surface area contributed by atoms with E-state index in [1.807, 2.05) is 0 Å². The van der Waals surface area contributed by atoms with E-state index in [1.165, 1.54) is 116 Å². The van der Waals surface area contributed by atoms with Crippen LogP contribution in [0.25, 0.3) is 0 Å². The monoisotopic (exact) mass is 311 g/mol. The van der Waals surface area contributed by atoms with Gasteiger partial charge in [0.2, 0.25) is 0 Å². The SMILES string of the molecule is CCCCCCCN(CCCCCCC)CCCCCCC. The molecule has 0 fully saturated rings. The topological polar surface area (TPSA) is 3.24 Å². The molecular weight excluding hydrogens is 266 g/mol. The molecule has 0 heterocycles. The molecule has 0 N–H and O–H groups in total. The Labute approximate surface area is 142 Å². The second-order valence-electron chi connectivity index (χ2n) is 7.08. The third-order valence-corrected chi connectivity index (χ3v) is 4.73. The van der Waals surface area contributed by atoms with Crippen molar-refractivity contribution in [3.63, 3.8) is 0 Å². The van der Waals surface area contributed by atoms with E-state index in [0.29, 0.717) is 0 Å². The predicted molar refractivity (Wildman–Crippen MR) is 103 cm³/mol. The van der Waals surface area contributed by atoms with Crippen LogP contribution in [0.1, 0.15) is 117 Å². The van der Waals surface area contributed by atoms with Crippen molar-refractivity contribution in [3.8, 4) is 0 Å². The maximum atomic E-state index is 2.77. The van der Waals surface area contributed by atoms with E-state index in [-0.39, 0.29) is 0 Å². The van der Waals surface area contributed by atoms with Crippen molar-refractivity contribution in [1.29, 1.82) is 0 Å². The van der Waals surface area contributed by atoms with E-state index in [2.05, 4.69) is 25.7 Å². The number of hydrogen-bond acceptors (Lipinski definition) is 1. The van der Waals surface area contributed by atoms with Crippen LogP contribution in [0.15, 0.2) is 0 Å². The van der Waals surface area contributed by atoms with Gasteiger partial charge in [0, 0.05) is 0 Å². The molecule has 0 atom stereocenters. The quantitative estimate of drug-likeness (QED) is 0.242. The summed E-state index contributed by atoms with van der Waals surface area (Å²) in [5.74, 6) is 0. The lowest BCUT2D eigenvalue weighted by Crippen LogP contribution is -2.27. The Morgan fingerprint density at radius 2 is 0.636 bits per heavy atom. The molecular formula is C21H45N. The molecule has 0 spiro atoms. The molecule has 0 aliphatic carbocycles. The van der Waals surface area contributed by atoms with E-state index in [1.54, 1.807) is 0 Å². The average Bonchev–Trinajstić information content (AvgIpc) is 2.53. The summed E-state index contributed by atoms with van der Waals surface area (Å²) in [6.07, 6.45) is 21.3. The maximum absolute atomic E-state index is 2.77.